The minimum Gasteiger partial charge on any atom is -0.327 e. The summed E-state index contributed by atoms with van der Waals surface area (Å²) in [5, 5.41) is 4.62. The number of rotatable bonds is 4. The molecule has 1 atom stereocenters. The standard InChI is InChI=1S/C17H25N3/c1-6-16(18)10-15-7-8-17(9-11(15)2)20-14(5)12(3)13(4)19-20/h7-9,16H,6,10,18H2,1-5H3. The Balaban J connectivity index is 2.35. The van der Waals surface area contributed by atoms with E-state index >= 15 is 0 Å². The summed E-state index contributed by atoms with van der Waals surface area (Å²) in [7, 11) is 0. The van der Waals surface area contributed by atoms with E-state index in [1.165, 1.54) is 22.4 Å². The maximum absolute atomic E-state index is 6.05. The molecule has 2 rings (SSSR count). The fourth-order valence-corrected chi connectivity index (χ4v) is 2.44. The van der Waals surface area contributed by atoms with E-state index < -0.39 is 0 Å². The van der Waals surface area contributed by atoms with Crippen LogP contribution in [-0.2, 0) is 6.42 Å². The van der Waals surface area contributed by atoms with Gasteiger partial charge >= 0.3 is 0 Å². The van der Waals surface area contributed by atoms with Gasteiger partial charge in [0.25, 0.3) is 0 Å². The van der Waals surface area contributed by atoms with Crippen LogP contribution in [0.5, 0.6) is 0 Å². The summed E-state index contributed by atoms with van der Waals surface area (Å²) >= 11 is 0. The maximum atomic E-state index is 6.05. The Hall–Kier alpha value is -1.61. The van der Waals surface area contributed by atoms with Gasteiger partial charge in [-0.15, -0.1) is 0 Å². The molecule has 0 aliphatic heterocycles. The average Bonchev–Trinajstić information content (AvgIpc) is 2.68. The van der Waals surface area contributed by atoms with Crippen LogP contribution in [0.15, 0.2) is 18.2 Å². The van der Waals surface area contributed by atoms with E-state index in [1.54, 1.807) is 0 Å². The summed E-state index contributed by atoms with van der Waals surface area (Å²) in [6.07, 6.45) is 1.95. The molecule has 2 aromatic rings. The van der Waals surface area contributed by atoms with Crippen molar-refractivity contribution >= 4 is 0 Å². The summed E-state index contributed by atoms with van der Waals surface area (Å²) in [6, 6.07) is 6.78. The molecule has 0 aliphatic rings. The summed E-state index contributed by atoms with van der Waals surface area (Å²) in [6.45, 7) is 10.6. The van der Waals surface area contributed by atoms with E-state index in [-0.39, 0.29) is 6.04 Å². The molecule has 0 amide bonds. The molecule has 0 bridgehead atoms. The lowest BCUT2D eigenvalue weighted by molar-refractivity contribution is 0.644. The number of aryl methyl sites for hydroxylation is 2. The Kier molecular flexibility index (Phi) is 4.29. The van der Waals surface area contributed by atoms with Gasteiger partial charge in [-0.1, -0.05) is 13.0 Å². The van der Waals surface area contributed by atoms with Crippen LogP contribution in [0.4, 0.5) is 0 Å². The molecule has 1 aromatic heterocycles. The van der Waals surface area contributed by atoms with Gasteiger partial charge in [0.15, 0.2) is 0 Å². The average molecular weight is 271 g/mol. The van der Waals surface area contributed by atoms with Crippen molar-refractivity contribution in [3.8, 4) is 5.69 Å². The van der Waals surface area contributed by atoms with E-state index in [4.69, 9.17) is 5.73 Å². The van der Waals surface area contributed by atoms with Crippen LogP contribution in [0, 0.1) is 27.7 Å². The van der Waals surface area contributed by atoms with Crippen LogP contribution in [0.3, 0.4) is 0 Å². The van der Waals surface area contributed by atoms with Crippen molar-refractivity contribution in [3.05, 3.63) is 46.3 Å². The molecule has 1 heterocycles. The van der Waals surface area contributed by atoms with Crippen molar-refractivity contribution in [1.29, 1.82) is 0 Å². The molecule has 0 spiro atoms. The van der Waals surface area contributed by atoms with E-state index in [0.29, 0.717) is 0 Å². The van der Waals surface area contributed by atoms with Gasteiger partial charge in [0, 0.05) is 11.7 Å². The second-order valence-corrected chi connectivity index (χ2v) is 5.69. The number of benzene rings is 1. The smallest absolute Gasteiger partial charge is 0.0651 e. The van der Waals surface area contributed by atoms with Gasteiger partial charge in [0.2, 0.25) is 0 Å². The highest BCUT2D eigenvalue weighted by molar-refractivity contribution is 5.42. The predicted octanol–water partition coefficient (Wildman–Crippen LogP) is 3.39. The van der Waals surface area contributed by atoms with Crippen LogP contribution in [0.2, 0.25) is 0 Å². The fraction of sp³-hybridized carbons (Fsp3) is 0.471. The third kappa shape index (κ3) is 2.78. The minimum atomic E-state index is 0.246. The Morgan fingerprint density at radius 2 is 1.90 bits per heavy atom. The Labute approximate surface area is 121 Å². The van der Waals surface area contributed by atoms with Crippen molar-refractivity contribution in [3.63, 3.8) is 0 Å². The Morgan fingerprint density at radius 3 is 2.40 bits per heavy atom. The topological polar surface area (TPSA) is 43.8 Å². The van der Waals surface area contributed by atoms with E-state index in [1.807, 2.05) is 4.68 Å². The van der Waals surface area contributed by atoms with Crippen LogP contribution < -0.4 is 5.73 Å². The lowest BCUT2D eigenvalue weighted by atomic mass is 9.99. The molecule has 0 saturated carbocycles. The second-order valence-electron chi connectivity index (χ2n) is 5.69. The molecule has 20 heavy (non-hydrogen) atoms. The van der Waals surface area contributed by atoms with Crippen molar-refractivity contribution < 1.29 is 0 Å². The summed E-state index contributed by atoms with van der Waals surface area (Å²) in [4.78, 5) is 0. The number of hydrogen-bond donors (Lipinski definition) is 1. The molecule has 0 saturated heterocycles. The predicted molar refractivity (Wildman–Crippen MR) is 84.5 cm³/mol. The van der Waals surface area contributed by atoms with Crippen LogP contribution >= 0.6 is 0 Å². The molecule has 3 nitrogen and oxygen atoms in total. The Morgan fingerprint density at radius 1 is 1.20 bits per heavy atom. The van der Waals surface area contributed by atoms with Gasteiger partial charge < -0.3 is 5.73 Å². The molecule has 1 aromatic carbocycles. The molecule has 3 heteroatoms. The third-order valence-corrected chi connectivity index (χ3v) is 4.23. The number of aromatic nitrogens is 2. The quantitative estimate of drug-likeness (QED) is 0.926. The highest BCUT2D eigenvalue weighted by Crippen LogP contribution is 2.20. The third-order valence-electron chi connectivity index (χ3n) is 4.23. The van der Waals surface area contributed by atoms with Gasteiger partial charge in [0.05, 0.1) is 11.4 Å². The lowest BCUT2D eigenvalue weighted by Gasteiger charge is -2.13. The zero-order valence-electron chi connectivity index (χ0n) is 13.2. The van der Waals surface area contributed by atoms with Gasteiger partial charge in [-0.25, -0.2) is 4.68 Å². The van der Waals surface area contributed by atoms with Gasteiger partial charge in [-0.05, 0) is 69.4 Å². The van der Waals surface area contributed by atoms with Crippen LogP contribution in [0.25, 0.3) is 5.69 Å². The van der Waals surface area contributed by atoms with Gasteiger partial charge in [0.1, 0.15) is 0 Å². The monoisotopic (exact) mass is 271 g/mol. The van der Waals surface area contributed by atoms with Gasteiger partial charge in [-0.3, -0.25) is 0 Å². The summed E-state index contributed by atoms with van der Waals surface area (Å²) < 4.78 is 2.03. The van der Waals surface area contributed by atoms with E-state index in [2.05, 4.69) is 57.9 Å². The van der Waals surface area contributed by atoms with Crippen molar-refractivity contribution in [2.24, 2.45) is 5.73 Å². The van der Waals surface area contributed by atoms with Crippen molar-refractivity contribution in [2.45, 2.75) is 53.5 Å². The summed E-state index contributed by atoms with van der Waals surface area (Å²) in [5.74, 6) is 0. The molecule has 0 radical (unpaired) electrons. The van der Waals surface area contributed by atoms with Crippen molar-refractivity contribution in [1.82, 2.24) is 9.78 Å². The molecule has 0 aliphatic carbocycles. The number of hydrogen-bond acceptors (Lipinski definition) is 2. The zero-order chi connectivity index (χ0) is 14.9. The first-order valence-corrected chi connectivity index (χ1v) is 7.32. The SMILES string of the molecule is CCC(N)Cc1ccc(-n2nc(C)c(C)c2C)cc1C. The summed E-state index contributed by atoms with van der Waals surface area (Å²) in [5.41, 5.74) is 13.4. The molecular weight excluding hydrogens is 246 g/mol. The Bertz CT molecular complexity index is 611. The first-order chi connectivity index (χ1) is 9.43. The normalized spacial score (nSPS) is 12.7. The molecular formula is C17H25N3. The lowest BCUT2D eigenvalue weighted by Crippen LogP contribution is -2.21. The maximum Gasteiger partial charge on any atom is 0.0651 e. The highest BCUT2D eigenvalue weighted by atomic mass is 15.3. The molecule has 0 fully saturated rings. The molecule has 108 valence electrons. The minimum absolute atomic E-state index is 0.246. The number of nitrogens with two attached hydrogens (primary N) is 1. The largest absolute Gasteiger partial charge is 0.327 e. The van der Waals surface area contributed by atoms with Crippen molar-refractivity contribution in [2.75, 3.05) is 0 Å². The molecule has 1 unspecified atom stereocenters. The highest BCUT2D eigenvalue weighted by Gasteiger charge is 2.11. The fourth-order valence-electron chi connectivity index (χ4n) is 2.44. The van der Waals surface area contributed by atoms with E-state index in [9.17, 15) is 0 Å². The zero-order valence-corrected chi connectivity index (χ0v) is 13.2. The van der Waals surface area contributed by atoms with Crippen LogP contribution in [-0.4, -0.2) is 15.8 Å². The first kappa shape index (κ1) is 14.8. The first-order valence-electron chi connectivity index (χ1n) is 7.32. The van der Waals surface area contributed by atoms with E-state index in [0.717, 1.165) is 24.2 Å². The van der Waals surface area contributed by atoms with Crippen LogP contribution in [0.1, 0.15) is 41.4 Å². The number of nitrogens with zero attached hydrogens (tertiary/aromatic N) is 2. The molecule has 2 N–H and O–H groups in total. The van der Waals surface area contributed by atoms with Gasteiger partial charge in [-0.2, -0.15) is 5.10 Å². The second kappa shape index (κ2) is 5.80.